The molecule has 0 heterocycles. The Morgan fingerprint density at radius 3 is 3.20 bits per heavy atom. The molecule has 0 saturated heterocycles. The van der Waals surface area contributed by atoms with E-state index in [9.17, 15) is 4.79 Å². The number of halogens is 1. The topological polar surface area (TPSA) is 29.4 Å². The summed E-state index contributed by atoms with van der Waals surface area (Å²) in [4.78, 5) is 14.1. The molecule has 0 amide bonds. The fraction of sp³-hybridized carbons (Fsp3) is 0.417. The molecule has 15 heavy (non-hydrogen) atoms. The zero-order valence-electron chi connectivity index (χ0n) is 8.16. The maximum absolute atomic E-state index is 10.3. The Kier molecular flexibility index (Phi) is 1.88. The molecular weight excluding hydrogens is 254 g/mol. The highest BCUT2D eigenvalue weighted by molar-refractivity contribution is 9.10. The molecule has 3 rings (SSSR count). The van der Waals surface area contributed by atoms with E-state index in [1.165, 1.54) is 11.1 Å². The predicted molar refractivity (Wildman–Crippen MR) is 60.7 cm³/mol. The molecule has 1 spiro atoms. The minimum absolute atomic E-state index is 0.188. The summed E-state index contributed by atoms with van der Waals surface area (Å²) in [7, 11) is 0. The first-order valence-electron chi connectivity index (χ1n) is 5.12. The van der Waals surface area contributed by atoms with Crippen LogP contribution < -0.4 is 0 Å². The molecule has 2 aliphatic carbocycles. The van der Waals surface area contributed by atoms with Crippen LogP contribution in [0.1, 0.15) is 24.0 Å². The van der Waals surface area contributed by atoms with Gasteiger partial charge in [0.05, 0.1) is 6.04 Å². The quantitative estimate of drug-likeness (QED) is 0.566. The number of fused-ring (bicyclic) bond motifs is 2. The average molecular weight is 264 g/mol. The summed E-state index contributed by atoms with van der Waals surface area (Å²) in [5.74, 6) is 0. The van der Waals surface area contributed by atoms with E-state index in [0.717, 1.165) is 23.7 Å². The third kappa shape index (κ3) is 1.23. The van der Waals surface area contributed by atoms with Crippen LogP contribution in [0.4, 0.5) is 0 Å². The summed E-state index contributed by atoms with van der Waals surface area (Å²) >= 11 is 3.48. The number of nitrogens with zero attached hydrogens (tertiary/aromatic N) is 1. The van der Waals surface area contributed by atoms with Crippen molar-refractivity contribution in [3.05, 3.63) is 33.8 Å². The fourth-order valence-corrected chi connectivity index (χ4v) is 3.23. The molecule has 1 saturated carbocycles. The Bertz CT molecular complexity index is 479. The Balaban J connectivity index is 2.03. The smallest absolute Gasteiger partial charge is 0.211 e. The molecule has 2 aliphatic rings. The van der Waals surface area contributed by atoms with Gasteiger partial charge in [-0.05, 0) is 42.5 Å². The minimum Gasteiger partial charge on any atom is -0.211 e. The van der Waals surface area contributed by atoms with Crippen LogP contribution in [0.15, 0.2) is 27.7 Å². The van der Waals surface area contributed by atoms with Crippen molar-refractivity contribution in [3.8, 4) is 0 Å². The van der Waals surface area contributed by atoms with Gasteiger partial charge in [0.15, 0.2) is 0 Å². The lowest BCUT2D eigenvalue weighted by Crippen LogP contribution is -2.06. The first-order valence-corrected chi connectivity index (χ1v) is 5.91. The molecule has 2 nitrogen and oxygen atoms in total. The first kappa shape index (κ1) is 9.32. The Labute approximate surface area is 96.5 Å². The van der Waals surface area contributed by atoms with Gasteiger partial charge in [0, 0.05) is 9.89 Å². The summed E-state index contributed by atoms with van der Waals surface area (Å²) < 4.78 is 1.13. The van der Waals surface area contributed by atoms with Crippen LogP contribution >= 0.6 is 15.9 Å². The van der Waals surface area contributed by atoms with Crippen LogP contribution in [0.2, 0.25) is 0 Å². The molecule has 0 aliphatic heterocycles. The highest BCUT2D eigenvalue weighted by Gasteiger charge is 2.58. The number of benzene rings is 1. The number of hydrogen-bond acceptors (Lipinski definition) is 2. The zero-order chi connectivity index (χ0) is 10.5. The SMILES string of the molecule is O=C=N[C@@H]1C[C@]12CCc1cc(Br)ccc12. The van der Waals surface area contributed by atoms with Gasteiger partial charge in [0.2, 0.25) is 6.08 Å². The van der Waals surface area contributed by atoms with Crippen molar-refractivity contribution in [2.75, 3.05) is 0 Å². The number of rotatable bonds is 1. The summed E-state index contributed by atoms with van der Waals surface area (Å²) in [6, 6.07) is 6.63. The number of hydrogen-bond donors (Lipinski definition) is 0. The summed E-state index contributed by atoms with van der Waals surface area (Å²) in [5, 5.41) is 0. The molecule has 1 fully saturated rings. The molecule has 1 aromatic rings. The molecule has 0 bridgehead atoms. The maximum Gasteiger partial charge on any atom is 0.235 e. The van der Waals surface area contributed by atoms with Crippen molar-refractivity contribution in [2.45, 2.75) is 30.7 Å². The van der Waals surface area contributed by atoms with Gasteiger partial charge in [0.25, 0.3) is 0 Å². The molecule has 76 valence electrons. The molecule has 3 heteroatoms. The largest absolute Gasteiger partial charge is 0.235 e. The fourth-order valence-electron chi connectivity index (χ4n) is 2.82. The minimum atomic E-state index is 0.188. The lowest BCUT2D eigenvalue weighted by molar-refractivity contribution is 0.559. The van der Waals surface area contributed by atoms with E-state index in [2.05, 4.69) is 39.1 Å². The highest BCUT2D eigenvalue weighted by atomic mass is 79.9. The van der Waals surface area contributed by atoms with Gasteiger partial charge in [-0.3, -0.25) is 0 Å². The lowest BCUT2D eigenvalue weighted by Gasteiger charge is -2.08. The van der Waals surface area contributed by atoms with Crippen molar-refractivity contribution >= 4 is 22.0 Å². The van der Waals surface area contributed by atoms with Crippen LogP contribution in [-0.2, 0) is 16.6 Å². The van der Waals surface area contributed by atoms with E-state index in [4.69, 9.17) is 0 Å². The van der Waals surface area contributed by atoms with Gasteiger partial charge >= 0.3 is 0 Å². The maximum atomic E-state index is 10.3. The van der Waals surface area contributed by atoms with Gasteiger partial charge in [-0.25, -0.2) is 9.79 Å². The van der Waals surface area contributed by atoms with Crippen molar-refractivity contribution in [1.82, 2.24) is 0 Å². The van der Waals surface area contributed by atoms with E-state index >= 15 is 0 Å². The first-order chi connectivity index (χ1) is 7.26. The van der Waals surface area contributed by atoms with Gasteiger partial charge < -0.3 is 0 Å². The van der Waals surface area contributed by atoms with Gasteiger partial charge in [-0.15, -0.1) is 0 Å². The number of isocyanates is 1. The lowest BCUT2D eigenvalue weighted by atomic mass is 9.98. The normalized spacial score (nSPS) is 31.1. The third-order valence-electron chi connectivity index (χ3n) is 3.69. The monoisotopic (exact) mass is 263 g/mol. The number of aryl methyl sites for hydroxylation is 1. The van der Waals surface area contributed by atoms with Crippen molar-refractivity contribution in [3.63, 3.8) is 0 Å². The van der Waals surface area contributed by atoms with Crippen LogP contribution in [0.3, 0.4) is 0 Å². The van der Waals surface area contributed by atoms with E-state index in [1.54, 1.807) is 6.08 Å². The summed E-state index contributed by atoms with van der Waals surface area (Å²) in [5.41, 5.74) is 3.00. The van der Waals surface area contributed by atoms with Crippen LogP contribution in [0.5, 0.6) is 0 Å². The van der Waals surface area contributed by atoms with E-state index in [-0.39, 0.29) is 11.5 Å². The number of carbonyl (C=O) groups excluding carboxylic acids is 1. The van der Waals surface area contributed by atoms with Gasteiger partial charge in [-0.2, -0.15) is 0 Å². The van der Waals surface area contributed by atoms with Crippen LogP contribution in [0.25, 0.3) is 0 Å². The second-order valence-corrected chi connectivity index (χ2v) is 5.31. The number of aliphatic imine (C=N–C) groups is 1. The molecule has 0 aromatic heterocycles. The zero-order valence-corrected chi connectivity index (χ0v) is 9.75. The summed E-state index contributed by atoms with van der Waals surface area (Å²) in [6.45, 7) is 0. The average Bonchev–Trinajstić information content (AvgIpc) is 2.78. The molecule has 0 N–H and O–H groups in total. The molecule has 0 radical (unpaired) electrons. The second kappa shape index (κ2) is 3.03. The van der Waals surface area contributed by atoms with E-state index < -0.39 is 0 Å². The highest BCUT2D eigenvalue weighted by Crippen LogP contribution is 2.58. The van der Waals surface area contributed by atoms with Crippen molar-refractivity contribution < 1.29 is 4.79 Å². The van der Waals surface area contributed by atoms with E-state index in [0.29, 0.717) is 0 Å². The Hall–Kier alpha value is -0.920. The molecule has 1 aromatic carbocycles. The van der Waals surface area contributed by atoms with Crippen LogP contribution in [-0.4, -0.2) is 12.1 Å². The molecular formula is C12H10BrNO. The van der Waals surface area contributed by atoms with Crippen molar-refractivity contribution in [1.29, 1.82) is 0 Å². The summed E-state index contributed by atoms with van der Waals surface area (Å²) in [6.07, 6.45) is 4.96. The van der Waals surface area contributed by atoms with Crippen LogP contribution in [0, 0.1) is 0 Å². The van der Waals surface area contributed by atoms with Crippen molar-refractivity contribution in [2.24, 2.45) is 4.99 Å². The third-order valence-corrected chi connectivity index (χ3v) is 4.18. The standard InChI is InChI=1S/C12H10BrNO/c13-9-1-2-10-8(5-9)3-4-12(10)6-11(12)14-7-15/h1-2,5,11H,3-4,6H2/t11-,12+/m1/s1. The second-order valence-electron chi connectivity index (χ2n) is 4.40. The van der Waals surface area contributed by atoms with E-state index in [1.807, 2.05) is 0 Å². The molecule has 2 atom stereocenters. The van der Waals surface area contributed by atoms with Gasteiger partial charge in [-0.1, -0.05) is 22.0 Å². The predicted octanol–water partition coefficient (Wildman–Crippen LogP) is 2.74. The van der Waals surface area contributed by atoms with Gasteiger partial charge in [0.1, 0.15) is 0 Å². The molecule has 0 unspecified atom stereocenters. The Morgan fingerprint density at radius 2 is 2.40 bits per heavy atom. The Morgan fingerprint density at radius 1 is 1.53 bits per heavy atom.